The first kappa shape index (κ1) is 20.6. The van der Waals surface area contributed by atoms with Gasteiger partial charge in [-0.2, -0.15) is 5.10 Å². The third-order valence-corrected chi connectivity index (χ3v) is 4.79. The molecule has 0 aliphatic heterocycles. The van der Waals surface area contributed by atoms with Gasteiger partial charge in [0.2, 0.25) is 0 Å². The average molecular weight is 396 g/mol. The Morgan fingerprint density at radius 3 is 2.52 bits per heavy atom. The number of aromatic nitrogens is 4. The Morgan fingerprint density at radius 1 is 1.03 bits per heavy atom. The molecule has 1 aromatic carbocycles. The van der Waals surface area contributed by atoms with Gasteiger partial charge in [-0.3, -0.25) is 4.68 Å². The maximum absolute atomic E-state index is 5.38. The standard InChI is InChI=1S/C22H29N5O2/c1-6-17-13-19(27(3)26-17)18-14-22(25-15(2)24-18)23-11-7-8-16-9-10-20(28-4)21(12-16)29-5/h9-10,12-14H,6-8,11H2,1-5H3,(H,23,24,25). The van der Waals surface area contributed by atoms with Crippen molar-refractivity contribution in [3.63, 3.8) is 0 Å². The second-order valence-corrected chi connectivity index (χ2v) is 6.90. The number of nitrogens with zero attached hydrogens (tertiary/aromatic N) is 4. The van der Waals surface area contributed by atoms with E-state index in [4.69, 9.17) is 9.47 Å². The normalized spacial score (nSPS) is 10.8. The SMILES string of the molecule is CCc1cc(-c2cc(NCCCc3ccc(OC)c(OC)c3)nc(C)n2)n(C)n1. The van der Waals surface area contributed by atoms with E-state index in [-0.39, 0.29) is 0 Å². The Morgan fingerprint density at radius 2 is 1.83 bits per heavy atom. The number of hydrogen-bond donors (Lipinski definition) is 1. The van der Waals surface area contributed by atoms with Crippen LogP contribution in [0.3, 0.4) is 0 Å². The molecule has 0 amide bonds. The summed E-state index contributed by atoms with van der Waals surface area (Å²) in [5, 5.41) is 7.94. The quantitative estimate of drug-likeness (QED) is 0.556. The summed E-state index contributed by atoms with van der Waals surface area (Å²) in [6.07, 6.45) is 2.81. The average Bonchev–Trinajstić information content (AvgIpc) is 3.11. The topological polar surface area (TPSA) is 74.1 Å². The minimum absolute atomic E-state index is 0.740. The highest BCUT2D eigenvalue weighted by Crippen LogP contribution is 2.28. The van der Waals surface area contributed by atoms with Crippen molar-refractivity contribution in [3.05, 3.63) is 47.4 Å². The number of anilines is 1. The lowest BCUT2D eigenvalue weighted by molar-refractivity contribution is 0.354. The molecule has 3 aromatic rings. The van der Waals surface area contributed by atoms with E-state index in [0.717, 1.165) is 66.0 Å². The van der Waals surface area contributed by atoms with E-state index < -0.39 is 0 Å². The molecule has 0 atom stereocenters. The van der Waals surface area contributed by atoms with Crippen molar-refractivity contribution in [2.24, 2.45) is 7.05 Å². The van der Waals surface area contributed by atoms with Crippen molar-refractivity contribution in [1.29, 1.82) is 0 Å². The Labute approximate surface area is 172 Å². The van der Waals surface area contributed by atoms with Crippen molar-refractivity contribution in [1.82, 2.24) is 19.7 Å². The summed E-state index contributed by atoms with van der Waals surface area (Å²) in [6, 6.07) is 10.1. The number of nitrogens with one attached hydrogen (secondary N) is 1. The minimum atomic E-state index is 0.740. The van der Waals surface area contributed by atoms with Crippen LogP contribution in [0.4, 0.5) is 5.82 Å². The van der Waals surface area contributed by atoms with E-state index >= 15 is 0 Å². The van der Waals surface area contributed by atoms with E-state index in [1.165, 1.54) is 5.56 Å². The van der Waals surface area contributed by atoms with Gasteiger partial charge >= 0.3 is 0 Å². The van der Waals surface area contributed by atoms with Crippen LogP contribution in [-0.4, -0.2) is 40.5 Å². The summed E-state index contributed by atoms with van der Waals surface area (Å²) in [5.41, 5.74) is 4.16. The van der Waals surface area contributed by atoms with E-state index in [1.54, 1.807) is 14.2 Å². The van der Waals surface area contributed by atoms with Gasteiger partial charge in [0.05, 0.1) is 31.3 Å². The van der Waals surface area contributed by atoms with Crippen molar-refractivity contribution < 1.29 is 9.47 Å². The maximum atomic E-state index is 5.38. The van der Waals surface area contributed by atoms with Crippen LogP contribution < -0.4 is 14.8 Å². The van der Waals surface area contributed by atoms with Crippen LogP contribution in [0.1, 0.15) is 30.4 Å². The van der Waals surface area contributed by atoms with Crippen molar-refractivity contribution in [2.75, 3.05) is 26.1 Å². The predicted molar refractivity (Wildman–Crippen MR) is 115 cm³/mol. The first-order valence-electron chi connectivity index (χ1n) is 9.87. The van der Waals surface area contributed by atoms with Crippen LogP contribution in [0.25, 0.3) is 11.4 Å². The van der Waals surface area contributed by atoms with Gasteiger partial charge in [-0.25, -0.2) is 9.97 Å². The van der Waals surface area contributed by atoms with E-state index in [9.17, 15) is 0 Å². The molecule has 0 fully saturated rings. The van der Waals surface area contributed by atoms with Gasteiger partial charge in [0.1, 0.15) is 11.6 Å². The van der Waals surface area contributed by atoms with Crippen molar-refractivity contribution in [3.8, 4) is 22.9 Å². The first-order valence-corrected chi connectivity index (χ1v) is 9.87. The fraction of sp³-hybridized carbons (Fsp3) is 0.409. The molecule has 2 heterocycles. The van der Waals surface area contributed by atoms with Crippen molar-refractivity contribution >= 4 is 5.82 Å². The Hall–Kier alpha value is -3.09. The van der Waals surface area contributed by atoms with Gasteiger partial charge in [-0.1, -0.05) is 13.0 Å². The van der Waals surface area contributed by atoms with Crippen molar-refractivity contribution in [2.45, 2.75) is 33.1 Å². The van der Waals surface area contributed by atoms with E-state index in [2.05, 4.69) is 39.4 Å². The molecule has 3 rings (SSSR count). The zero-order valence-corrected chi connectivity index (χ0v) is 17.8. The number of benzene rings is 1. The first-order chi connectivity index (χ1) is 14.0. The Balaban J connectivity index is 1.62. The maximum Gasteiger partial charge on any atom is 0.160 e. The van der Waals surface area contributed by atoms with Gasteiger partial charge in [0.25, 0.3) is 0 Å². The van der Waals surface area contributed by atoms with Crippen LogP contribution in [0.5, 0.6) is 11.5 Å². The molecule has 0 spiro atoms. The van der Waals surface area contributed by atoms with Gasteiger partial charge < -0.3 is 14.8 Å². The lowest BCUT2D eigenvalue weighted by atomic mass is 10.1. The lowest BCUT2D eigenvalue weighted by Gasteiger charge is -2.11. The molecule has 0 aliphatic carbocycles. The van der Waals surface area contributed by atoms with Gasteiger partial charge in [0.15, 0.2) is 11.5 Å². The lowest BCUT2D eigenvalue weighted by Crippen LogP contribution is -2.07. The predicted octanol–water partition coefficient (Wildman–Crippen LogP) is 3.81. The molecule has 0 aliphatic rings. The molecular weight excluding hydrogens is 366 g/mol. The van der Waals surface area contributed by atoms with E-state index in [0.29, 0.717) is 0 Å². The highest BCUT2D eigenvalue weighted by molar-refractivity contribution is 5.59. The van der Waals surface area contributed by atoms with Crippen LogP contribution in [0.2, 0.25) is 0 Å². The van der Waals surface area contributed by atoms with Gasteiger partial charge in [-0.15, -0.1) is 0 Å². The van der Waals surface area contributed by atoms with Crippen LogP contribution in [0, 0.1) is 6.92 Å². The molecule has 154 valence electrons. The summed E-state index contributed by atoms with van der Waals surface area (Å²) in [7, 11) is 5.25. The number of methoxy groups -OCH3 is 2. The second-order valence-electron chi connectivity index (χ2n) is 6.90. The van der Waals surface area contributed by atoms with Gasteiger partial charge in [0, 0.05) is 19.7 Å². The van der Waals surface area contributed by atoms with Gasteiger partial charge in [-0.05, 0) is 49.9 Å². The number of rotatable bonds is 9. The van der Waals surface area contributed by atoms with Crippen LogP contribution >= 0.6 is 0 Å². The fourth-order valence-corrected chi connectivity index (χ4v) is 3.27. The molecule has 1 N–H and O–H groups in total. The molecule has 7 heteroatoms. The molecule has 0 saturated carbocycles. The number of hydrogen-bond acceptors (Lipinski definition) is 6. The molecular formula is C22H29N5O2. The summed E-state index contributed by atoms with van der Waals surface area (Å²) in [6.45, 7) is 4.83. The largest absolute Gasteiger partial charge is 0.493 e. The molecule has 0 bridgehead atoms. The summed E-state index contributed by atoms with van der Waals surface area (Å²) < 4.78 is 12.5. The third-order valence-electron chi connectivity index (χ3n) is 4.79. The number of ether oxygens (including phenoxy) is 2. The molecule has 0 saturated heterocycles. The number of aryl methyl sites for hydroxylation is 4. The molecule has 0 unspecified atom stereocenters. The Kier molecular flexibility index (Phi) is 6.69. The van der Waals surface area contributed by atoms with E-state index in [1.807, 2.05) is 36.9 Å². The highest BCUT2D eigenvalue weighted by Gasteiger charge is 2.10. The minimum Gasteiger partial charge on any atom is -0.493 e. The van der Waals surface area contributed by atoms with Crippen LogP contribution in [0.15, 0.2) is 30.3 Å². The zero-order valence-electron chi connectivity index (χ0n) is 17.8. The zero-order chi connectivity index (χ0) is 20.8. The summed E-state index contributed by atoms with van der Waals surface area (Å²) in [4.78, 5) is 9.11. The Bertz CT molecular complexity index is 968. The summed E-state index contributed by atoms with van der Waals surface area (Å²) in [5.74, 6) is 3.08. The second kappa shape index (κ2) is 9.41. The fourth-order valence-electron chi connectivity index (χ4n) is 3.27. The van der Waals surface area contributed by atoms with Crippen LogP contribution in [-0.2, 0) is 19.9 Å². The molecule has 7 nitrogen and oxygen atoms in total. The third kappa shape index (κ3) is 5.04. The molecule has 2 aromatic heterocycles. The monoisotopic (exact) mass is 395 g/mol. The summed E-state index contributed by atoms with van der Waals surface area (Å²) >= 11 is 0. The molecule has 0 radical (unpaired) electrons. The molecule has 29 heavy (non-hydrogen) atoms. The highest BCUT2D eigenvalue weighted by atomic mass is 16.5. The smallest absolute Gasteiger partial charge is 0.160 e.